The Balaban J connectivity index is 3.77. The highest BCUT2D eigenvalue weighted by molar-refractivity contribution is 7.13. The van der Waals surface area contributed by atoms with E-state index in [1.807, 2.05) is 6.08 Å². The molecule has 11 heavy (non-hydrogen) atoms. The fourth-order valence-corrected chi connectivity index (χ4v) is 1.29. The average molecular weight is 194 g/mol. The van der Waals surface area contributed by atoms with E-state index in [1.54, 1.807) is 0 Å². The van der Waals surface area contributed by atoms with E-state index in [9.17, 15) is 0 Å². The molecule has 3 unspecified atom stereocenters. The van der Waals surface area contributed by atoms with Gasteiger partial charge in [-0.1, -0.05) is 29.3 Å². The fourth-order valence-electron chi connectivity index (χ4n) is 0.948. The van der Waals surface area contributed by atoms with Gasteiger partial charge in [0.25, 0.3) is 0 Å². The third-order valence-corrected chi connectivity index (χ3v) is 2.74. The molecule has 66 valence electrons. The van der Waals surface area contributed by atoms with Gasteiger partial charge in [0.05, 0.1) is 5.50 Å². The first-order chi connectivity index (χ1) is 5.11. The number of hydrogen-bond donors (Lipinski definition) is 1. The van der Waals surface area contributed by atoms with Crippen LogP contribution in [0.3, 0.4) is 0 Å². The minimum atomic E-state index is 0.0328. The Bertz CT molecular complexity index is 117. The first-order valence-electron chi connectivity index (χ1n) is 3.84. The zero-order valence-corrected chi connectivity index (χ0v) is 9.09. The summed E-state index contributed by atoms with van der Waals surface area (Å²) >= 11 is 5.90. The lowest BCUT2D eigenvalue weighted by atomic mass is 9.93. The van der Waals surface area contributed by atoms with E-state index >= 15 is 0 Å². The van der Waals surface area contributed by atoms with Crippen molar-refractivity contribution in [2.45, 2.75) is 25.8 Å². The van der Waals surface area contributed by atoms with Gasteiger partial charge in [-0.3, -0.25) is 5.09 Å². The van der Waals surface area contributed by atoms with Crippen LogP contribution in [0.15, 0.2) is 12.7 Å². The van der Waals surface area contributed by atoms with Crippen LogP contribution in [-0.2, 0) is 0 Å². The van der Waals surface area contributed by atoms with Gasteiger partial charge in [-0.15, -0.1) is 18.2 Å². The van der Waals surface area contributed by atoms with Gasteiger partial charge in [0, 0.05) is 0 Å². The van der Waals surface area contributed by atoms with Gasteiger partial charge < -0.3 is 0 Å². The summed E-state index contributed by atoms with van der Waals surface area (Å²) in [7, 11) is 2.42. The predicted molar refractivity (Wildman–Crippen MR) is 55.6 cm³/mol. The lowest BCUT2D eigenvalue weighted by molar-refractivity contribution is 0.426. The van der Waals surface area contributed by atoms with E-state index in [2.05, 4.69) is 34.9 Å². The number of rotatable bonds is 5. The van der Waals surface area contributed by atoms with E-state index < -0.39 is 0 Å². The Hall–Kier alpha value is 0.420. The van der Waals surface area contributed by atoms with Crippen molar-refractivity contribution in [2.24, 2.45) is 11.8 Å². The maximum atomic E-state index is 5.90. The van der Waals surface area contributed by atoms with Gasteiger partial charge >= 0.3 is 0 Å². The van der Waals surface area contributed by atoms with Gasteiger partial charge in [0.2, 0.25) is 0 Å². The Kier molecular flexibility index (Phi) is 6.22. The minimum Gasteiger partial charge on any atom is -0.285 e. The summed E-state index contributed by atoms with van der Waals surface area (Å²) < 4.78 is 0. The number of allylic oxidation sites excluding steroid dienone is 1. The SMILES string of the molecule is C=CC(CC(Cl)NP)C(C)C. The molecular weight excluding hydrogens is 177 g/mol. The molecule has 0 aliphatic rings. The van der Waals surface area contributed by atoms with Crippen molar-refractivity contribution >= 4 is 21.0 Å². The highest BCUT2D eigenvalue weighted by atomic mass is 35.5. The molecule has 1 N–H and O–H groups in total. The molecular formula is C8H17ClNP. The zero-order chi connectivity index (χ0) is 8.85. The highest BCUT2D eigenvalue weighted by Gasteiger charge is 2.13. The quantitative estimate of drug-likeness (QED) is 0.307. The number of hydrogen-bond acceptors (Lipinski definition) is 1. The molecule has 1 nitrogen and oxygen atoms in total. The highest BCUT2D eigenvalue weighted by Crippen LogP contribution is 2.19. The molecule has 0 heterocycles. The van der Waals surface area contributed by atoms with Crippen LogP contribution in [0.5, 0.6) is 0 Å². The maximum Gasteiger partial charge on any atom is 0.0859 e. The molecule has 0 aliphatic carbocycles. The second-order valence-electron chi connectivity index (χ2n) is 3.01. The molecule has 0 saturated carbocycles. The molecule has 3 heteroatoms. The predicted octanol–water partition coefficient (Wildman–Crippen LogP) is 2.78. The van der Waals surface area contributed by atoms with Crippen LogP contribution < -0.4 is 5.09 Å². The maximum absolute atomic E-state index is 5.90. The fraction of sp³-hybridized carbons (Fsp3) is 0.750. The molecule has 0 saturated heterocycles. The van der Waals surface area contributed by atoms with Gasteiger partial charge in [-0.2, -0.15) is 0 Å². The first kappa shape index (κ1) is 11.4. The topological polar surface area (TPSA) is 12.0 Å². The molecule has 0 rings (SSSR count). The summed E-state index contributed by atoms with van der Waals surface area (Å²) in [5, 5.41) is 2.92. The van der Waals surface area contributed by atoms with Gasteiger partial charge in [0.1, 0.15) is 0 Å². The smallest absolute Gasteiger partial charge is 0.0859 e. The van der Waals surface area contributed by atoms with Crippen molar-refractivity contribution in [2.75, 3.05) is 0 Å². The number of alkyl halides is 1. The van der Waals surface area contributed by atoms with Crippen LogP contribution in [0, 0.1) is 11.8 Å². The van der Waals surface area contributed by atoms with E-state index in [0.717, 1.165) is 6.42 Å². The van der Waals surface area contributed by atoms with Crippen molar-refractivity contribution in [1.29, 1.82) is 0 Å². The second kappa shape index (κ2) is 5.99. The Morgan fingerprint density at radius 1 is 1.64 bits per heavy atom. The van der Waals surface area contributed by atoms with Crippen LogP contribution in [0.25, 0.3) is 0 Å². The number of halogens is 1. The lowest BCUT2D eigenvalue weighted by Crippen LogP contribution is -2.19. The summed E-state index contributed by atoms with van der Waals surface area (Å²) in [6, 6.07) is 0. The van der Waals surface area contributed by atoms with Crippen molar-refractivity contribution in [1.82, 2.24) is 5.09 Å². The van der Waals surface area contributed by atoms with Crippen molar-refractivity contribution < 1.29 is 0 Å². The monoisotopic (exact) mass is 193 g/mol. The van der Waals surface area contributed by atoms with Gasteiger partial charge in [-0.25, -0.2) is 0 Å². The van der Waals surface area contributed by atoms with Crippen LogP contribution in [0.1, 0.15) is 20.3 Å². The molecule has 0 radical (unpaired) electrons. The van der Waals surface area contributed by atoms with Gasteiger partial charge in [0.15, 0.2) is 0 Å². The second-order valence-corrected chi connectivity index (χ2v) is 3.87. The molecule has 0 aromatic rings. The molecule has 0 aromatic heterocycles. The molecule has 0 spiro atoms. The normalized spacial score (nSPS) is 16.5. The van der Waals surface area contributed by atoms with Crippen molar-refractivity contribution in [3.8, 4) is 0 Å². The van der Waals surface area contributed by atoms with Crippen LogP contribution in [0.2, 0.25) is 0 Å². The summed E-state index contributed by atoms with van der Waals surface area (Å²) in [6.45, 7) is 8.14. The lowest BCUT2D eigenvalue weighted by Gasteiger charge is -2.18. The van der Waals surface area contributed by atoms with Crippen LogP contribution >= 0.6 is 21.0 Å². The molecule has 3 atom stereocenters. The zero-order valence-electron chi connectivity index (χ0n) is 7.18. The summed E-state index contributed by atoms with van der Waals surface area (Å²) in [5.74, 6) is 1.12. The molecule has 0 aromatic carbocycles. The summed E-state index contributed by atoms with van der Waals surface area (Å²) in [4.78, 5) is 0. The minimum absolute atomic E-state index is 0.0328. The van der Waals surface area contributed by atoms with Crippen molar-refractivity contribution in [3.05, 3.63) is 12.7 Å². The standard InChI is InChI=1S/C8H17ClNP/c1-4-7(6(2)3)5-8(9)10-11/h4,6-8,10H,1,5,11H2,2-3H3. The van der Waals surface area contributed by atoms with Crippen LogP contribution in [0.4, 0.5) is 0 Å². The Morgan fingerprint density at radius 2 is 2.18 bits per heavy atom. The Morgan fingerprint density at radius 3 is 2.45 bits per heavy atom. The van der Waals surface area contributed by atoms with E-state index in [1.165, 1.54) is 0 Å². The van der Waals surface area contributed by atoms with E-state index in [0.29, 0.717) is 11.8 Å². The molecule has 0 fully saturated rings. The largest absolute Gasteiger partial charge is 0.285 e. The first-order valence-corrected chi connectivity index (χ1v) is 4.86. The summed E-state index contributed by atoms with van der Waals surface area (Å²) in [5.41, 5.74) is 0.0328. The van der Waals surface area contributed by atoms with Crippen LogP contribution in [-0.4, -0.2) is 5.50 Å². The van der Waals surface area contributed by atoms with E-state index in [4.69, 9.17) is 11.6 Å². The third kappa shape index (κ3) is 4.79. The molecule has 0 bridgehead atoms. The molecule has 0 aliphatic heterocycles. The number of nitrogens with one attached hydrogen (secondary N) is 1. The Labute approximate surface area is 76.8 Å². The summed E-state index contributed by atoms with van der Waals surface area (Å²) in [6.07, 6.45) is 2.91. The van der Waals surface area contributed by atoms with Gasteiger partial charge in [-0.05, 0) is 18.3 Å². The third-order valence-electron chi connectivity index (χ3n) is 1.82. The average Bonchev–Trinajstić information content (AvgIpc) is 1.99. The molecule has 0 amide bonds. The van der Waals surface area contributed by atoms with E-state index in [-0.39, 0.29) is 5.50 Å². The van der Waals surface area contributed by atoms with Crippen molar-refractivity contribution in [3.63, 3.8) is 0 Å².